The molecular formula is C25H36N4O3S. The van der Waals surface area contributed by atoms with Gasteiger partial charge in [-0.25, -0.2) is 0 Å². The van der Waals surface area contributed by atoms with Gasteiger partial charge < -0.3 is 20.9 Å². The summed E-state index contributed by atoms with van der Waals surface area (Å²) >= 11 is 1.74. The van der Waals surface area contributed by atoms with Gasteiger partial charge in [-0.05, 0) is 68.9 Å². The minimum Gasteiger partial charge on any atom is -0.347 e. The zero-order valence-electron chi connectivity index (χ0n) is 19.8. The summed E-state index contributed by atoms with van der Waals surface area (Å²) in [6.07, 6.45) is 5.24. The van der Waals surface area contributed by atoms with Crippen LogP contribution in [0.1, 0.15) is 63.1 Å². The highest BCUT2D eigenvalue weighted by Crippen LogP contribution is 2.41. The van der Waals surface area contributed by atoms with E-state index in [4.69, 9.17) is 0 Å². The zero-order valence-corrected chi connectivity index (χ0v) is 20.6. The molecule has 0 bridgehead atoms. The van der Waals surface area contributed by atoms with Crippen LogP contribution in [0.25, 0.3) is 0 Å². The maximum atomic E-state index is 13.7. The number of hydrogen-bond acceptors (Lipinski definition) is 5. The molecule has 1 aliphatic carbocycles. The molecule has 33 heavy (non-hydrogen) atoms. The molecule has 0 saturated carbocycles. The topological polar surface area (TPSA) is 90.5 Å². The third-order valence-corrected chi connectivity index (χ3v) is 8.73. The molecular weight excluding hydrogens is 436 g/mol. The number of fused-ring (bicyclic) bond motifs is 2. The van der Waals surface area contributed by atoms with Gasteiger partial charge >= 0.3 is 0 Å². The molecule has 2 saturated heterocycles. The number of carbonyl (C=O) groups is 3. The lowest BCUT2D eigenvalue weighted by Crippen LogP contribution is -2.57. The Bertz CT molecular complexity index is 894. The average Bonchev–Trinajstić information content (AvgIpc) is 3.14. The molecule has 7 nitrogen and oxygen atoms in total. The first-order chi connectivity index (χ1) is 15.9. The summed E-state index contributed by atoms with van der Waals surface area (Å²) < 4.78 is 0. The van der Waals surface area contributed by atoms with Crippen LogP contribution in [0.5, 0.6) is 0 Å². The molecule has 2 aliphatic heterocycles. The molecule has 0 spiro atoms. The first kappa shape index (κ1) is 24.1. The third-order valence-electron chi connectivity index (χ3n) is 7.45. The summed E-state index contributed by atoms with van der Waals surface area (Å²) in [6.45, 7) is 3.87. The van der Waals surface area contributed by atoms with E-state index in [1.54, 1.807) is 30.6 Å². The van der Waals surface area contributed by atoms with E-state index < -0.39 is 12.1 Å². The van der Waals surface area contributed by atoms with E-state index in [0.29, 0.717) is 6.42 Å². The predicted molar refractivity (Wildman–Crippen MR) is 131 cm³/mol. The Labute approximate surface area is 200 Å². The van der Waals surface area contributed by atoms with Gasteiger partial charge in [0.1, 0.15) is 12.1 Å². The van der Waals surface area contributed by atoms with E-state index in [2.05, 4.69) is 35.0 Å². The molecule has 3 amide bonds. The molecule has 1 unspecified atom stereocenters. The SMILES string of the molecule is CCC1C[C@@H]2SCC[C@H](NC(=O)[C@H](C)NC)C(=O)N2[C@@H]1C(=O)N[C@@H]1CCCc2ccccc21. The number of rotatable bonds is 6. The first-order valence-corrected chi connectivity index (χ1v) is 13.3. The molecule has 0 radical (unpaired) electrons. The predicted octanol–water partition coefficient (Wildman–Crippen LogP) is 2.36. The lowest BCUT2D eigenvalue weighted by atomic mass is 9.87. The van der Waals surface area contributed by atoms with Crippen molar-refractivity contribution < 1.29 is 14.4 Å². The Morgan fingerprint density at radius 2 is 1.97 bits per heavy atom. The highest BCUT2D eigenvalue weighted by molar-refractivity contribution is 7.99. The van der Waals surface area contributed by atoms with Crippen LogP contribution in [0, 0.1) is 5.92 Å². The number of amides is 3. The van der Waals surface area contributed by atoms with Gasteiger partial charge in [0.15, 0.2) is 0 Å². The number of thioether (sulfide) groups is 1. The normalized spacial score (nSPS) is 30.1. The number of likely N-dealkylation sites (N-methyl/N-ethyl adjacent to an activating group) is 1. The summed E-state index contributed by atoms with van der Waals surface area (Å²) in [5.74, 6) is 0.533. The molecule has 180 valence electrons. The third kappa shape index (κ3) is 4.92. The summed E-state index contributed by atoms with van der Waals surface area (Å²) in [5.41, 5.74) is 2.50. The molecule has 2 fully saturated rings. The second-order valence-corrected chi connectivity index (χ2v) is 10.7. The van der Waals surface area contributed by atoms with Gasteiger partial charge in [-0.3, -0.25) is 14.4 Å². The Hall–Kier alpha value is -2.06. The first-order valence-electron chi connectivity index (χ1n) is 12.2. The van der Waals surface area contributed by atoms with Crippen LogP contribution in [0.4, 0.5) is 0 Å². The minimum absolute atomic E-state index is 0.0132. The second kappa shape index (κ2) is 10.5. The standard InChI is InChI=1S/C25H36N4O3S/c1-4-16-14-21-29(25(32)20(12-13-33-21)28-23(30)15(2)26-3)22(16)24(31)27-19-11-7-9-17-8-5-6-10-18(17)19/h5-6,8,10,15-16,19-22,26H,4,7,9,11-14H2,1-3H3,(H,27,31)(H,28,30)/t15-,16?,19+,20-,21-,22-/m0/s1. The van der Waals surface area contributed by atoms with Gasteiger partial charge in [-0.15, -0.1) is 11.8 Å². The van der Waals surface area contributed by atoms with Crippen molar-refractivity contribution >= 4 is 29.5 Å². The molecule has 6 atom stereocenters. The van der Waals surface area contributed by atoms with Crippen LogP contribution in [0.3, 0.4) is 0 Å². The van der Waals surface area contributed by atoms with Crippen molar-refractivity contribution in [3.8, 4) is 0 Å². The Morgan fingerprint density at radius 1 is 1.18 bits per heavy atom. The molecule has 8 heteroatoms. The molecule has 1 aromatic carbocycles. The van der Waals surface area contributed by atoms with E-state index in [1.807, 2.05) is 12.1 Å². The fraction of sp³-hybridized carbons (Fsp3) is 0.640. The molecule has 2 heterocycles. The summed E-state index contributed by atoms with van der Waals surface area (Å²) in [7, 11) is 1.72. The highest BCUT2D eigenvalue weighted by atomic mass is 32.2. The van der Waals surface area contributed by atoms with E-state index in [0.717, 1.165) is 37.9 Å². The molecule has 4 rings (SSSR count). The maximum Gasteiger partial charge on any atom is 0.246 e. The van der Waals surface area contributed by atoms with Crippen molar-refractivity contribution in [3.63, 3.8) is 0 Å². The summed E-state index contributed by atoms with van der Waals surface area (Å²) in [4.78, 5) is 41.6. The summed E-state index contributed by atoms with van der Waals surface area (Å²) in [5, 5.41) is 9.13. The van der Waals surface area contributed by atoms with Gasteiger partial charge in [-0.1, -0.05) is 37.6 Å². The van der Waals surface area contributed by atoms with Crippen LogP contribution in [0.15, 0.2) is 24.3 Å². The van der Waals surface area contributed by atoms with Crippen LogP contribution in [-0.4, -0.2) is 58.9 Å². The van der Waals surface area contributed by atoms with Crippen molar-refractivity contribution in [1.29, 1.82) is 0 Å². The van der Waals surface area contributed by atoms with E-state index in [-0.39, 0.29) is 41.1 Å². The van der Waals surface area contributed by atoms with Crippen molar-refractivity contribution in [1.82, 2.24) is 20.9 Å². The van der Waals surface area contributed by atoms with E-state index in [9.17, 15) is 14.4 Å². The van der Waals surface area contributed by atoms with Gasteiger partial charge in [0, 0.05) is 0 Å². The Morgan fingerprint density at radius 3 is 2.73 bits per heavy atom. The minimum atomic E-state index is -0.591. The number of benzene rings is 1. The maximum absolute atomic E-state index is 13.7. The lowest BCUT2D eigenvalue weighted by molar-refractivity contribution is -0.143. The zero-order chi connectivity index (χ0) is 23.5. The Kier molecular flexibility index (Phi) is 7.64. The van der Waals surface area contributed by atoms with Crippen molar-refractivity contribution in [2.45, 2.75) is 81.9 Å². The lowest BCUT2D eigenvalue weighted by Gasteiger charge is -2.34. The summed E-state index contributed by atoms with van der Waals surface area (Å²) in [6, 6.07) is 6.85. The average molecular weight is 473 g/mol. The number of nitrogens with one attached hydrogen (secondary N) is 3. The number of aryl methyl sites for hydroxylation is 1. The van der Waals surface area contributed by atoms with Crippen molar-refractivity contribution in [2.24, 2.45) is 5.92 Å². The number of nitrogens with zero attached hydrogens (tertiary/aromatic N) is 1. The molecule has 0 aromatic heterocycles. The fourth-order valence-corrected chi connectivity index (χ4v) is 6.84. The van der Waals surface area contributed by atoms with Crippen molar-refractivity contribution in [3.05, 3.63) is 35.4 Å². The van der Waals surface area contributed by atoms with E-state index >= 15 is 0 Å². The van der Waals surface area contributed by atoms with Crippen LogP contribution in [0.2, 0.25) is 0 Å². The van der Waals surface area contributed by atoms with E-state index in [1.165, 1.54) is 11.1 Å². The fourth-order valence-electron chi connectivity index (χ4n) is 5.41. The Balaban J connectivity index is 1.54. The number of carbonyl (C=O) groups excluding carboxylic acids is 3. The van der Waals surface area contributed by atoms with Crippen LogP contribution in [-0.2, 0) is 20.8 Å². The van der Waals surface area contributed by atoms with Gasteiger partial charge in [0.25, 0.3) is 0 Å². The van der Waals surface area contributed by atoms with Gasteiger partial charge in [0.05, 0.1) is 17.5 Å². The highest BCUT2D eigenvalue weighted by Gasteiger charge is 2.50. The monoisotopic (exact) mass is 472 g/mol. The number of hydrogen-bond donors (Lipinski definition) is 3. The molecule has 3 aliphatic rings. The largest absolute Gasteiger partial charge is 0.347 e. The second-order valence-electron chi connectivity index (χ2n) is 9.43. The smallest absolute Gasteiger partial charge is 0.246 e. The molecule has 1 aromatic rings. The van der Waals surface area contributed by atoms with Crippen LogP contribution >= 0.6 is 11.8 Å². The quantitative estimate of drug-likeness (QED) is 0.591. The molecule has 3 N–H and O–H groups in total. The van der Waals surface area contributed by atoms with Crippen LogP contribution < -0.4 is 16.0 Å². The van der Waals surface area contributed by atoms with Crippen molar-refractivity contribution in [2.75, 3.05) is 12.8 Å². The van der Waals surface area contributed by atoms with Gasteiger partial charge in [-0.2, -0.15) is 0 Å². The van der Waals surface area contributed by atoms with Gasteiger partial charge in [0.2, 0.25) is 17.7 Å².